The van der Waals surface area contributed by atoms with Gasteiger partial charge in [0.05, 0.1) is 11.6 Å². The summed E-state index contributed by atoms with van der Waals surface area (Å²) >= 11 is 0. The normalized spacial score (nSPS) is 16.1. The number of fused-ring (bicyclic) bond motifs is 2. The topological polar surface area (TPSA) is 153 Å². The molecule has 0 spiro atoms. The van der Waals surface area contributed by atoms with Crippen molar-refractivity contribution in [3.63, 3.8) is 0 Å². The summed E-state index contributed by atoms with van der Waals surface area (Å²) in [7, 11) is 0. The molecule has 1 N–H and O–H groups in total. The van der Waals surface area contributed by atoms with Crippen molar-refractivity contribution in [2.24, 2.45) is 0 Å². The van der Waals surface area contributed by atoms with Crippen LogP contribution >= 0.6 is 0 Å². The van der Waals surface area contributed by atoms with Crippen molar-refractivity contribution >= 4 is 28.2 Å². The molecule has 11 nitrogen and oxygen atoms in total. The molecular formula is C42H34F2N6O5. The first-order valence-electron chi connectivity index (χ1n) is 17.8. The van der Waals surface area contributed by atoms with Crippen LogP contribution in [0.15, 0.2) is 81.1 Å². The molecule has 55 heavy (non-hydrogen) atoms. The fourth-order valence-corrected chi connectivity index (χ4v) is 7.74. The highest BCUT2D eigenvalue weighted by atomic mass is 19.3. The number of hydrogen-bond acceptors (Lipinski definition) is 10. The molecule has 4 heterocycles. The van der Waals surface area contributed by atoms with Gasteiger partial charge >= 0.3 is 12.6 Å². The smallest absolute Gasteiger partial charge is 0.387 e. The van der Waals surface area contributed by atoms with Gasteiger partial charge in [-0.25, -0.2) is 9.97 Å². The molecule has 2 saturated heterocycles. The third kappa shape index (κ3) is 6.80. The van der Waals surface area contributed by atoms with Crippen molar-refractivity contribution in [3.8, 4) is 51.9 Å². The molecule has 0 bridgehead atoms. The van der Waals surface area contributed by atoms with Gasteiger partial charge in [0, 0.05) is 55.0 Å². The molecule has 276 valence electrons. The van der Waals surface area contributed by atoms with E-state index < -0.39 is 18.6 Å². The molecule has 2 fully saturated rings. The quantitative estimate of drug-likeness (QED) is 0.135. The van der Waals surface area contributed by atoms with Gasteiger partial charge in [0.2, 0.25) is 11.8 Å². The number of alkyl halides is 2. The van der Waals surface area contributed by atoms with Crippen LogP contribution < -0.4 is 4.74 Å². The summed E-state index contributed by atoms with van der Waals surface area (Å²) in [6, 6.07) is 22.0. The van der Waals surface area contributed by atoms with E-state index in [2.05, 4.69) is 17.0 Å². The van der Waals surface area contributed by atoms with E-state index in [0.717, 1.165) is 39.0 Å². The molecule has 2 aromatic heterocycles. The van der Waals surface area contributed by atoms with Crippen LogP contribution in [0.5, 0.6) is 5.75 Å². The fraction of sp³-hybridized carbons (Fsp3) is 0.262. The van der Waals surface area contributed by atoms with E-state index in [1.807, 2.05) is 62.4 Å². The Morgan fingerprint density at radius 3 is 2.29 bits per heavy atom. The number of likely N-dealkylation sites (tertiary alicyclic amines) is 2. The second-order valence-electron chi connectivity index (χ2n) is 13.9. The number of ether oxygens (including phenoxy) is 1. The molecule has 0 unspecified atom stereocenters. The van der Waals surface area contributed by atoms with E-state index >= 15 is 0 Å². The maximum absolute atomic E-state index is 13.5. The molecule has 0 amide bonds. The van der Waals surface area contributed by atoms with Crippen molar-refractivity contribution in [1.82, 2.24) is 19.8 Å². The lowest BCUT2D eigenvalue weighted by Gasteiger charge is -2.33. The van der Waals surface area contributed by atoms with Gasteiger partial charge in [-0.2, -0.15) is 19.3 Å². The summed E-state index contributed by atoms with van der Waals surface area (Å²) < 4.78 is 44.3. The number of rotatable bonds is 10. The van der Waals surface area contributed by atoms with Crippen molar-refractivity contribution in [1.29, 1.82) is 10.5 Å². The Morgan fingerprint density at radius 2 is 1.64 bits per heavy atom. The summed E-state index contributed by atoms with van der Waals surface area (Å²) in [4.78, 5) is 25.3. The predicted octanol–water partition coefficient (Wildman–Crippen LogP) is 8.37. The number of benzene rings is 4. The number of aromatic nitrogens is 2. The standard InChI is InChI=1S/C42H34F2N6O5/c1-23-29(6-3-8-31(23)39-47-33-16-28(22-50-13-5-10-35(50)41(51)52)36(54-42(43)44)17-37(33)53-39)30-7-4-9-32(24(30)2)40-48-34-15-26(14-27(18-46)38(34)55-40)21-49-19-25(20-49)11-12-45/h3-4,6-9,11,14-17,35,42H,5,10,13,19-22H2,1-2H3,(H,51,52)/t35-/m0/s1. The summed E-state index contributed by atoms with van der Waals surface area (Å²) in [5, 5.41) is 28.5. The Labute approximate surface area is 314 Å². The van der Waals surface area contributed by atoms with Crippen LogP contribution in [0.1, 0.15) is 40.7 Å². The lowest BCUT2D eigenvalue weighted by molar-refractivity contribution is -0.142. The molecule has 6 aromatic rings. The average Bonchev–Trinajstić information content (AvgIpc) is 3.89. The van der Waals surface area contributed by atoms with E-state index in [4.69, 9.17) is 28.8 Å². The zero-order valence-corrected chi connectivity index (χ0v) is 30.0. The molecule has 2 aliphatic rings. The first-order chi connectivity index (χ1) is 26.6. The number of allylic oxidation sites excluding steroid dienone is 1. The number of halogens is 2. The van der Waals surface area contributed by atoms with Crippen LogP contribution in [0.25, 0.3) is 56.2 Å². The largest absolute Gasteiger partial charge is 0.480 e. The van der Waals surface area contributed by atoms with Gasteiger partial charge in [0.1, 0.15) is 28.9 Å². The van der Waals surface area contributed by atoms with Crippen LogP contribution in [0, 0.1) is 36.5 Å². The van der Waals surface area contributed by atoms with E-state index in [9.17, 15) is 23.9 Å². The molecule has 1 atom stereocenters. The zero-order chi connectivity index (χ0) is 38.4. The first-order valence-corrected chi connectivity index (χ1v) is 17.8. The van der Waals surface area contributed by atoms with Gasteiger partial charge in [-0.15, -0.1) is 0 Å². The van der Waals surface area contributed by atoms with Crippen molar-refractivity contribution in [3.05, 3.63) is 100 Å². The molecular weight excluding hydrogens is 706 g/mol. The molecule has 0 saturated carbocycles. The van der Waals surface area contributed by atoms with Crippen LogP contribution in [-0.4, -0.2) is 63.1 Å². The maximum Gasteiger partial charge on any atom is 0.387 e. The number of hydrogen-bond donors (Lipinski definition) is 1. The summed E-state index contributed by atoms with van der Waals surface area (Å²) in [6.45, 7) is 3.55. The van der Waals surface area contributed by atoms with Crippen molar-refractivity contribution in [2.75, 3.05) is 19.6 Å². The van der Waals surface area contributed by atoms with Gasteiger partial charge in [-0.3, -0.25) is 14.6 Å². The molecule has 2 aliphatic heterocycles. The van der Waals surface area contributed by atoms with Gasteiger partial charge in [0.25, 0.3) is 0 Å². The number of carbonyl (C=O) groups is 1. The van der Waals surface area contributed by atoms with Gasteiger partial charge in [-0.1, -0.05) is 24.3 Å². The molecule has 0 aliphatic carbocycles. The van der Waals surface area contributed by atoms with Gasteiger partial charge < -0.3 is 18.7 Å². The highest BCUT2D eigenvalue weighted by Gasteiger charge is 2.32. The second-order valence-corrected chi connectivity index (χ2v) is 13.9. The minimum atomic E-state index is -3.08. The maximum atomic E-state index is 13.5. The zero-order valence-electron chi connectivity index (χ0n) is 30.0. The summed E-state index contributed by atoms with van der Waals surface area (Å²) in [5.74, 6) is -0.354. The highest BCUT2D eigenvalue weighted by molar-refractivity contribution is 5.86. The van der Waals surface area contributed by atoms with E-state index in [0.29, 0.717) is 84.1 Å². The van der Waals surface area contributed by atoms with Crippen LogP contribution in [-0.2, 0) is 17.9 Å². The van der Waals surface area contributed by atoms with Crippen LogP contribution in [0.2, 0.25) is 0 Å². The SMILES string of the molecule is Cc1c(-c2nc3cc(CN4CCC[C@H]4C(=O)O)c(OC(F)F)cc3o2)cccc1-c1cccc(-c2nc3cc(CN4CC(=CC#N)C4)cc(C#N)c3o2)c1C. The second kappa shape index (κ2) is 14.4. The first kappa shape index (κ1) is 35.6. The monoisotopic (exact) mass is 740 g/mol. The van der Waals surface area contributed by atoms with Crippen molar-refractivity contribution in [2.45, 2.75) is 52.4 Å². The summed E-state index contributed by atoms with van der Waals surface area (Å²) in [6.07, 6.45) is 2.75. The molecule has 4 aromatic carbocycles. The van der Waals surface area contributed by atoms with Crippen LogP contribution in [0.3, 0.4) is 0 Å². The average molecular weight is 741 g/mol. The minimum Gasteiger partial charge on any atom is -0.480 e. The minimum absolute atomic E-state index is 0.0874. The number of carboxylic acid groups (broad SMARTS) is 1. The summed E-state index contributed by atoms with van der Waals surface area (Å²) in [5.41, 5.74) is 9.58. The van der Waals surface area contributed by atoms with E-state index in [-0.39, 0.29) is 17.9 Å². The highest BCUT2D eigenvalue weighted by Crippen LogP contribution is 2.39. The van der Waals surface area contributed by atoms with E-state index in [1.165, 1.54) is 6.07 Å². The van der Waals surface area contributed by atoms with Gasteiger partial charge in [0.15, 0.2) is 11.2 Å². The fourth-order valence-electron chi connectivity index (χ4n) is 7.74. The number of carboxylic acids is 1. The lowest BCUT2D eigenvalue weighted by atomic mass is 9.91. The third-order valence-electron chi connectivity index (χ3n) is 10.4. The van der Waals surface area contributed by atoms with Crippen LogP contribution in [0.4, 0.5) is 8.78 Å². The Balaban J connectivity index is 1.11. The van der Waals surface area contributed by atoms with Gasteiger partial charge in [-0.05, 0) is 97.0 Å². The molecule has 8 rings (SSSR count). The Hall–Kier alpha value is -6.41. The number of aliphatic carboxylic acids is 1. The number of nitrogens with zero attached hydrogens (tertiary/aromatic N) is 6. The predicted molar refractivity (Wildman–Crippen MR) is 199 cm³/mol. The van der Waals surface area contributed by atoms with Crippen molar-refractivity contribution < 1.29 is 32.3 Å². The Morgan fingerprint density at radius 1 is 0.964 bits per heavy atom. The van der Waals surface area contributed by atoms with E-state index in [1.54, 1.807) is 17.0 Å². The number of oxazole rings is 2. The lowest BCUT2D eigenvalue weighted by Crippen LogP contribution is -2.39. The molecule has 13 heteroatoms. The Kier molecular flexibility index (Phi) is 9.35. The molecule has 0 radical (unpaired) electrons. The number of nitriles is 2. The third-order valence-corrected chi connectivity index (χ3v) is 10.4. The Bertz CT molecular complexity index is 2610.